The number of hydrogen-bond donors (Lipinski definition) is 0. The molecule has 11 heteroatoms. The Morgan fingerprint density at radius 1 is 0.929 bits per heavy atom. The minimum Gasteiger partial charge on any atom is -0.497 e. The van der Waals surface area contributed by atoms with Crippen molar-refractivity contribution in [3.63, 3.8) is 0 Å². The van der Waals surface area contributed by atoms with E-state index >= 15 is 0 Å². The highest BCUT2D eigenvalue weighted by Gasteiger charge is 2.60. The molecule has 2 aromatic carbocycles. The summed E-state index contributed by atoms with van der Waals surface area (Å²) in [5, 5.41) is 0. The van der Waals surface area contributed by atoms with E-state index in [1.807, 2.05) is 36.4 Å². The van der Waals surface area contributed by atoms with Crippen LogP contribution in [0.1, 0.15) is 11.1 Å². The molecule has 2 aromatic rings. The van der Waals surface area contributed by atoms with E-state index in [4.69, 9.17) is 38.2 Å². The third kappa shape index (κ3) is 6.00. The maximum absolute atomic E-state index is 13.7. The Balaban J connectivity index is 1.55. The van der Waals surface area contributed by atoms with Crippen molar-refractivity contribution in [3.05, 3.63) is 59.4 Å². The molecule has 3 atom stereocenters. The lowest BCUT2D eigenvalue weighted by Gasteiger charge is -2.37. The first-order valence-electron chi connectivity index (χ1n) is 14.1. The number of hydrogen-bond acceptors (Lipinski definition) is 11. The topological polar surface area (TPSA) is 97.4 Å². The Kier molecular flexibility index (Phi) is 9.42. The van der Waals surface area contributed by atoms with E-state index in [0.717, 1.165) is 31.7 Å². The molecule has 2 saturated heterocycles. The van der Waals surface area contributed by atoms with E-state index in [1.165, 1.54) is 0 Å². The first kappa shape index (κ1) is 30.0. The lowest BCUT2D eigenvalue weighted by molar-refractivity contribution is -0.246. The molecule has 42 heavy (non-hydrogen) atoms. The van der Waals surface area contributed by atoms with Crippen molar-refractivity contribution in [1.29, 1.82) is 0 Å². The number of rotatable bonds is 12. The van der Waals surface area contributed by atoms with Gasteiger partial charge >= 0.3 is 5.97 Å². The van der Waals surface area contributed by atoms with Gasteiger partial charge in [-0.3, -0.25) is 9.69 Å². The molecule has 0 amide bonds. The van der Waals surface area contributed by atoms with Gasteiger partial charge in [-0.1, -0.05) is 0 Å². The first-order valence-corrected chi connectivity index (χ1v) is 14.1. The molecule has 3 heterocycles. The van der Waals surface area contributed by atoms with Gasteiger partial charge < -0.3 is 38.2 Å². The fourth-order valence-electron chi connectivity index (χ4n) is 5.89. The molecule has 3 aliphatic heterocycles. The molecule has 0 aliphatic carbocycles. The number of likely N-dealkylation sites (N-methyl/N-ethyl adjacent to an activating group) is 1. The Hall–Kier alpha value is -3.51. The van der Waals surface area contributed by atoms with Crippen molar-refractivity contribution < 1.29 is 43.0 Å². The number of carbonyl (C=O) groups is 1. The van der Waals surface area contributed by atoms with Crippen molar-refractivity contribution in [2.45, 2.75) is 12.2 Å². The van der Waals surface area contributed by atoms with Gasteiger partial charge in [0.25, 0.3) is 0 Å². The fourth-order valence-corrected chi connectivity index (χ4v) is 5.89. The van der Waals surface area contributed by atoms with Crippen LogP contribution in [0.15, 0.2) is 48.2 Å². The summed E-state index contributed by atoms with van der Waals surface area (Å²) in [5.41, 5.74) is 1.55. The van der Waals surface area contributed by atoms with E-state index in [9.17, 15) is 4.79 Å². The molecular formula is C31H40N2O9. The Bertz CT molecular complexity index is 1230. The molecule has 0 bridgehead atoms. The van der Waals surface area contributed by atoms with Gasteiger partial charge in [0.15, 0.2) is 17.3 Å². The van der Waals surface area contributed by atoms with Crippen LogP contribution in [-0.2, 0) is 36.3 Å². The summed E-state index contributed by atoms with van der Waals surface area (Å²) in [6.07, 6.45) is 2.14. The van der Waals surface area contributed by atoms with Crippen molar-refractivity contribution in [2.24, 2.45) is 11.8 Å². The Morgan fingerprint density at radius 3 is 2.19 bits per heavy atom. The van der Waals surface area contributed by atoms with Crippen LogP contribution in [-0.4, -0.2) is 97.2 Å². The predicted molar refractivity (Wildman–Crippen MR) is 153 cm³/mol. The van der Waals surface area contributed by atoms with Gasteiger partial charge in [-0.05, 0) is 61.5 Å². The molecule has 2 fully saturated rings. The Labute approximate surface area is 246 Å². The van der Waals surface area contributed by atoms with Crippen LogP contribution in [0.4, 0.5) is 0 Å². The lowest BCUT2D eigenvalue weighted by atomic mass is 9.78. The van der Waals surface area contributed by atoms with Crippen LogP contribution in [0.2, 0.25) is 0 Å². The summed E-state index contributed by atoms with van der Waals surface area (Å²) in [6, 6.07) is 11.2. The molecule has 3 aliphatic rings. The van der Waals surface area contributed by atoms with E-state index in [1.54, 1.807) is 34.5 Å². The van der Waals surface area contributed by atoms with Crippen LogP contribution >= 0.6 is 0 Å². The zero-order valence-corrected chi connectivity index (χ0v) is 24.9. The largest absolute Gasteiger partial charge is 0.497 e. The third-order valence-electron chi connectivity index (χ3n) is 8.20. The SMILES string of the molecule is COc1ccc(C2(OCCN3CCN(C)CC3)OC(=O)C(C3=CCOO3)C2Cc2cc(OC)c(OC)c(OC)c2)cc1. The molecule has 3 unspecified atom stereocenters. The summed E-state index contributed by atoms with van der Waals surface area (Å²) < 4.78 is 35.2. The van der Waals surface area contributed by atoms with Gasteiger partial charge in [0.2, 0.25) is 11.5 Å². The zero-order chi connectivity index (χ0) is 29.7. The second-order valence-electron chi connectivity index (χ2n) is 10.6. The number of ether oxygens (including phenoxy) is 6. The lowest BCUT2D eigenvalue weighted by Crippen LogP contribution is -2.47. The molecule has 0 N–H and O–H groups in total. The molecule has 5 rings (SSSR count). The number of carbonyl (C=O) groups excluding carboxylic acids is 1. The average Bonchev–Trinajstić information content (AvgIpc) is 3.64. The number of piperazine rings is 1. The van der Waals surface area contributed by atoms with Crippen molar-refractivity contribution in [3.8, 4) is 23.0 Å². The fraction of sp³-hybridized carbons (Fsp3) is 0.516. The summed E-state index contributed by atoms with van der Waals surface area (Å²) in [7, 11) is 8.45. The highest BCUT2D eigenvalue weighted by molar-refractivity contribution is 5.79. The number of benzene rings is 2. The molecule has 228 valence electrons. The number of esters is 1. The molecule has 0 saturated carbocycles. The van der Waals surface area contributed by atoms with Crippen LogP contribution in [0.25, 0.3) is 0 Å². The third-order valence-corrected chi connectivity index (χ3v) is 8.20. The van der Waals surface area contributed by atoms with Crippen LogP contribution < -0.4 is 18.9 Å². The van der Waals surface area contributed by atoms with Crippen LogP contribution in [0, 0.1) is 11.8 Å². The smallest absolute Gasteiger partial charge is 0.320 e. The van der Waals surface area contributed by atoms with E-state index < -0.39 is 23.6 Å². The van der Waals surface area contributed by atoms with Gasteiger partial charge in [0.1, 0.15) is 18.3 Å². The average molecular weight is 585 g/mol. The number of nitrogens with zero attached hydrogens (tertiary/aromatic N) is 2. The summed E-state index contributed by atoms with van der Waals surface area (Å²) in [6.45, 7) is 5.20. The Morgan fingerprint density at radius 2 is 1.62 bits per heavy atom. The van der Waals surface area contributed by atoms with E-state index in [-0.39, 0.29) is 6.61 Å². The summed E-state index contributed by atoms with van der Waals surface area (Å²) in [5.74, 6) is -0.538. The minimum absolute atomic E-state index is 0.246. The molecule has 0 spiro atoms. The van der Waals surface area contributed by atoms with Crippen molar-refractivity contribution in [2.75, 3.05) is 81.4 Å². The molecule has 0 radical (unpaired) electrons. The highest BCUT2D eigenvalue weighted by Crippen LogP contribution is 2.51. The van der Waals surface area contributed by atoms with Gasteiger partial charge in [-0.2, -0.15) is 4.89 Å². The molecule has 0 aromatic heterocycles. The van der Waals surface area contributed by atoms with Gasteiger partial charge in [-0.25, -0.2) is 0 Å². The number of methoxy groups -OCH3 is 4. The van der Waals surface area contributed by atoms with Crippen molar-refractivity contribution >= 4 is 5.97 Å². The van der Waals surface area contributed by atoms with Crippen LogP contribution in [0.3, 0.4) is 0 Å². The zero-order valence-electron chi connectivity index (χ0n) is 24.9. The van der Waals surface area contributed by atoms with Gasteiger partial charge in [0, 0.05) is 38.3 Å². The standard InChI is InChI=1S/C31H40N2O9/c1-32-11-13-33(14-12-32)15-17-39-31(22-6-8-23(35-2)9-7-22)24(28(30(34)41-31)25-10-16-40-42-25)18-21-19-26(36-3)29(38-5)27(20-21)37-4/h6-10,19-20,24,28H,11-18H2,1-5H3. The van der Waals surface area contributed by atoms with Gasteiger partial charge in [0.05, 0.1) is 41.0 Å². The van der Waals surface area contributed by atoms with E-state index in [0.29, 0.717) is 53.9 Å². The molecular weight excluding hydrogens is 544 g/mol. The van der Waals surface area contributed by atoms with Crippen molar-refractivity contribution in [1.82, 2.24) is 9.80 Å². The second kappa shape index (κ2) is 13.2. The predicted octanol–water partition coefficient (Wildman–Crippen LogP) is 3.02. The quantitative estimate of drug-likeness (QED) is 0.272. The minimum atomic E-state index is -1.41. The maximum Gasteiger partial charge on any atom is 0.320 e. The highest BCUT2D eigenvalue weighted by atomic mass is 17.2. The number of cyclic esters (lactones) is 1. The summed E-state index contributed by atoms with van der Waals surface area (Å²) in [4.78, 5) is 29.1. The monoisotopic (exact) mass is 584 g/mol. The molecule has 11 nitrogen and oxygen atoms in total. The summed E-state index contributed by atoms with van der Waals surface area (Å²) >= 11 is 0. The van der Waals surface area contributed by atoms with E-state index in [2.05, 4.69) is 16.8 Å². The maximum atomic E-state index is 13.7. The second-order valence-corrected chi connectivity index (χ2v) is 10.6. The normalized spacial score (nSPS) is 24.6. The van der Waals surface area contributed by atoms with Crippen LogP contribution in [0.5, 0.6) is 23.0 Å². The van der Waals surface area contributed by atoms with Gasteiger partial charge in [-0.15, -0.1) is 0 Å². The first-order chi connectivity index (χ1) is 20.4.